The first-order valence-corrected chi connectivity index (χ1v) is 15.3. The molecule has 0 spiro atoms. The molecule has 2 N–H and O–H groups in total. The van der Waals surface area contributed by atoms with Crippen LogP contribution < -0.4 is 25.2 Å². The van der Waals surface area contributed by atoms with Crippen LogP contribution in [0.15, 0.2) is 24.4 Å². The van der Waals surface area contributed by atoms with Gasteiger partial charge in [0, 0.05) is 38.3 Å². The molecule has 0 radical (unpaired) electrons. The number of rotatable bonds is 11. The van der Waals surface area contributed by atoms with Crippen LogP contribution in [0.1, 0.15) is 77.6 Å². The number of nitrogens with zero attached hydrogens (tertiary/aromatic N) is 5. The van der Waals surface area contributed by atoms with Gasteiger partial charge in [-0.1, -0.05) is 27.7 Å². The predicted octanol–water partition coefficient (Wildman–Crippen LogP) is 5.08. The zero-order chi connectivity index (χ0) is 30.7. The van der Waals surface area contributed by atoms with Crippen molar-refractivity contribution in [2.75, 3.05) is 62.0 Å². The topological polar surface area (TPSA) is 103 Å². The van der Waals surface area contributed by atoms with Gasteiger partial charge in [0.25, 0.3) is 5.91 Å². The van der Waals surface area contributed by atoms with Crippen LogP contribution in [0.4, 0.5) is 23.1 Å². The number of nitrogens with one attached hydrogen (secondary N) is 2. The summed E-state index contributed by atoms with van der Waals surface area (Å²) in [5, 5.41) is 6.39. The molecule has 1 fully saturated rings. The number of ether oxygens (including phenoxy) is 1. The van der Waals surface area contributed by atoms with Crippen LogP contribution in [0.3, 0.4) is 0 Å². The van der Waals surface area contributed by atoms with E-state index in [0.717, 1.165) is 32.5 Å². The van der Waals surface area contributed by atoms with E-state index in [2.05, 4.69) is 67.0 Å². The average Bonchev–Trinajstić information content (AvgIpc) is 3.45. The summed E-state index contributed by atoms with van der Waals surface area (Å²) in [6.45, 7) is 17.2. The molecule has 2 aliphatic heterocycles. The molecule has 2 aromatic rings. The Bertz CT molecular complexity index is 1270. The number of anilines is 4. The second-order valence-electron chi connectivity index (χ2n) is 12.8. The molecule has 0 unspecified atom stereocenters. The number of aromatic nitrogens is 2. The zero-order valence-corrected chi connectivity index (χ0v) is 26.7. The second kappa shape index (κ2) is 12.9. The lowest BCUT2D eigenvalue weighted by atomic mass is 9.80. The molecule has 1 aromatic heterocycles. The van der Waals surface area contributed by atoms with E-state index in [1.807, 2.05) is 13.1 Å². The summed E-state index contributed by atoms with van der Waals surface area (Å²) in [4.78, 5) is 42.4. The summed E-state index contributed by atoms with van der Waals surface area (Å²) in [6.07, 6.45) is 5.71. The van der Waals surface area contributed by atoms with Gasteiger partial charge in [-0.2, -0.15) is 4.98 Å². The molecule has 1 aromatic carbocycles. The third kappa shape index (κ3) is 6.64. The standard InChI is InChI=1S/C32H49N7O3/c1-9-32(10-2)21-39(22(3)4)27-25(37(7)29(32)41)18-33-30(36-27)35-24-14-13-23(17-26(24)42-8)28(40)34-19-31(5,6)20-38-15-11-12-16-38/h13-14,17-18,22H,9-12,15-16,19-21H2,1-8H3,(H,34,40)(H,33,35,36). The van der Waals surface area contributed by atoms with Crippen molar-refractivity contribution in [2.24, 2.45) is 10.8 Å². The first-order valence-electron chi connectivity index (χ1n) is 15.3. The van der Waals surface area contributed by atoms with E-state index in [0.29, 0.717) is 47.5 Å². The summed E-state index contributed by atoms with van der Waals surface area (Å²) in [5.41, 5.74) is 1.35. The molecule has 1 saturated heterocycles. The molecular formula is C32H49N7O3. The van der Waals surface area contributed by atoms with E-state index >= 15 is 0 Å². The second-order valence-corrected chi connectivity index (χ2v) is 12.8. The number of carbonyl (C=O) groups excluding carboxylic acids is 2. The van der Waals surface area contributed by atoms with Crippen molar-refractivity contribution < 1.29 is 14.3 Å². The van der Waals surface area contributed by atoms with Crippen LogP contribution in [0, 0.1) is 10.8 Å². The monoisotopic (exact) mass is 579 g/mol. The van der Waals surface area contributed by atoms with Gasteiger partial charge in [0.1, 0.15) is 11.4 Å². The average molecular weight is 580 g/mol. The fraction of sp³-hybridized carbons (Fsp3) is 0.625. The van der Waals surface area contributed by atoms with Gasteiger partial charge in [0.05, 0.1) is 24.4 Å². The Morgan fingerprint density at radius 1 is 1.17 bits per heavy atom. The van der Waals surface area contributed by atoms with E-state index in [4.69, 9.17) is 9.72 Å². The number of benzene rings is 1. The van der Waals surface area contributed by atoms with Gasteiger partial charge in [0.2, 0.25) is 11.9 Å². The van der Waals surface area contributed by atoms with E-state index < -0.39 is 5.41 Å². The normalized spacial score (nSPS) is 17.3. The van der Waals surface area contributed by atoms with Gasteiger partial charge >= 0.3 is 0 Å². The first-order chi connectivity index (χ1) is 19.9. The van der Waals surface area contributed by atoms with E-state index in [1.165, 1.54) is 12.8 Å². The van der Waals surface area contributed by atoms with Gasteiger partial charge in [-0.25, -0.2) is 4.98 Å². The summed E-state index contributed by atoms with van der Waals surface area (Å²) in [6, 6.07) is 5.46. The van der Waals surface area contributed by atoms with E-state index in [1.54, 1.807) is 30.3 Å². The lowest BCUT2D eigenvalue weighted by molar-refractivity contribution is -0.127. The van der Waals surface area contributed by atoms with E-state index in [-0.39, 0.29) is 23.3 Å². The maximum absolute atomic E-state index is 13.6. The van der Waals surface area contributed by atoms with Crippen LogP contribution >= 0.6 is 0 Å². The first kappa shape index (κ1) is 31.5. The maximum atomic E-state index is 13.6. The van der Waals surface area contributed by atoms with Crippen LogP contribution in [0.25, 0.3) is 0 Å². The quantitative estimate of drug-likeness (QED) is 0.380. The summed E-state index contributed by atoms with van der Waals surface area (Å²) < 4.78 is 5.65. The molecule has 0 atom stereocenters. The molecule has 4 rings (SSSR count). The van der Waals surface area contributed by atoms with Gasteiger partial charge in [0.15, 0.2) is 5.82 Å². The third-order valence-electron chi connectivity index (χ3n) is 8.88. The van der Waals surface area contributed by atoms with E-state index in [9.17, 15) is 9.59 Å². The molecule has 42 heavy (non-hydrogen) atoms. The number of methoxy groups -OCH3 is 1. The van der Waals surface area contributed by atoms with Crippen molar-refractivity contribution in [2.45, 2.75) is 73.3 Å². The highest BCUT2D eigenvalue weighted by Gasteiger charge is 2.44. The number of fused-ring (bicyclic) bond motifs is 1. The van der Waals surface area contributed by atoms with Crippen molar-refractivity contribution in [3.63, 3.8) is 0 Å². The third-order valence-corrected chi connectivity index (χ3v) is 8.88. The number of carbonyl (C=O) groups is 2. The number of hydrogen-bond donors (Lipinski definition) is 2. The molecule has 10 nitrogen and oxygen atoms in total. The van der Waals surface area contributed by atoms with Crippen molar-refractivity contribution in [1.82, 2.24) is 20.2 Å². The Hall–Kier alpha value is -3.40. The largest absolute Gasteiger partial charge is 0.495 e. The summed E-state index contributed by atoms with van der Waals surface area (Å²) in [7, 11) is 3.39. The van der Waals surface area contributed by atoms with Crippen LogP contribution in [0.5, 0.6) is 5.75 Å². The van der Waals surface area contributed by atoms with Crippen LogP contribution in [-0.2, 0) is 4.79 Å². The maximum Gasteiger partial charge on any atom is 0.251 e. The Morgan fingerprint density at radius 3 is 2.48 bits per heavy atom. The van der Waals surface area contributed by atoms with Crippen molar-refractivity contribution in [3.8, 4) is 5.75 Å². The fourth-order valence-electron chi connectivity index (χ4n) is 6.09. The summed E-state index contributed by atoms with van der Waals surface area (Å²) >= 11 is 0. The smallest absolute Gasteiger partial charge is 0.251 e. The highest BCUT2D eigenvalue weighted by Crippen LogP contribution is 2.41. The molecule has 2 amide bonds. The Morgan fingerprint density at radius 2 is 1.86 bits per heavy atom. The van der Waals surface area contributed by atoms with Gasteiger partial charge in [-0.05, 0) is 76.2 Å². The van der Waals surface area contributed by atoms with Gasteiger partial charge in [-0.15, -0.1) is 0 Å². The lowest BCUT2D eigenvalue weighted by Gasteiger charge is -2.36. The zero-order valence-electron chi connectivity index (χ0n) is 26.7. The van der Waals surface area contributed by atoms with Crippen LogP contribution in [0.2, 0.25) is 0 Å². The molecule has 0 saturated carbocycles. The molecule has 3 heterocycles. The molecule has 0 aliphatic carbocycles. The SMILES string of the molecule is CCC1(CC)CN(C(C)C)c2nc(Nc3ccc(C(=O)NCC(C)(C)CN4CCCC4)cc3OC)ncc2N(C)C1=O. The fourth-order valence-corrected chi connectivity index (χ4v) is 6.09. The Kier molecular flexibility index (Phi) is 9.65. The minimum absolute atomic E-state index is 0.0231. The van der Waals surface area contributed by atoms with Crippen molar-refractivity contribution >= 4 is 35.0 Å². The van der Waals surface area contributed by atoms with Gasteiger partial charge < -0.3 is 30.1 Å². The number of hydrogen-bond acceptors (Lipinski definition) is 8. The van der Waals surface area contributed by atoms with Crippen LogP contribution in [-0.4, -0.2) is 79.6 Å². The predicted molar refractivity (Wildman–Crippen MR) is 169 cm³/mol. The Labute approximate surface area is 251 Å². The molecule has 230 valence electrons. The Balaban J connectivity index is 1.53. The minimum Gasteiger partial charge on any atom is -0.495 e. The van der Waals surface area contributed by atoms with Gasteiger partial charge in [-0.3, -0.25) is 9.59 Å². The molecule has 10 heteroatoms. The highest BCUT2D eigenvalue weighted by atomic mass is 16.5. The molecule has 2 aliphatic rings. The number of amides is 2. The summed E-state index contributed by atoms with van der Waals surface area (Å²) in [5.74, 6) is 1.58. The molecular weight excluding hydrogens is 530 g/mol. The highest BCUT2D eigenvalue weighted by molar-refractivity contribution is 6.01. The van der Waals surface area contributed by atoms with Crippen molar-refractivity contribution in [1.29, 1.82) is 0 Å². The number of likely N-dealkylation sites (tertiary alicyclic amines) is 1. The molecule has 0 bridgehead atoms. The lowest BCUT2D eigenvalue weighted by Crippen LogP contribution is -2.47. The minimum atomic E-state index is -0.490. The van der Waals surface area contributed by atoms with Crippen molar-refractivity contribution in [3.05, 3.63) is 30.0 Å².